The first-order chi connectivity index (χ1) is 14.9. The van der Waals surface area contributed by atoms with Crippen LogP contribution in [0.1, 0.15) is 19.4 Å². The average Bonchev–Trinajstić information content (AvgIpc) is 2.75. The second kappa shape index (κ2) is 9.75. The number of nitrogens with one attached hydrogen (secondary N) is 1. The second-order valence-corrected chi connectivity index (χ2v) is 7.26. The van der Waals surface area contributed by atoms with E-state index in [1.54, 1.807) is 62.5 Å². The van der Waals surface area contributed by atoms with Gasteiger partial charge >= 0.3 is 5.97 Å². The molecule has 0 saturated heterocycles. The number of methoxy groups -OCH3 is 1. The second-order valence-electron chi connectivity index (χ2n) is 7.26. The van der Waals surface area contributed by atoms with E-state index in [0.29, 0.717) is 28.4 Å². The number of carbonyl (C=O) groups excluding carboxylic acids is 2. The number of amides is 1. The molecule has 1 amide bonds. The van der Waals surface area contributed by atoms with Crippen molar-refractivity contribution in [1.82, 2.24) is 4.98 Å². The molecule has 160 valence electrons. The summed E-state index contributed by atoms with van der Waals surface area (Å²) in [6, 6.07) is 15.3. The summed E-state index contributed by atoms with van der Waals surface area (Å²) in [5.74, 6) is 0.0189. The van der Waals surface area contributed by atoms with E-state index >= 15 is 0 Å². The number of aromatic nitrogens is 1. The van der Waals surface area contributed by atoms with E-state index in [4.69, 9.17) is 9.47 Å². The van der Waals surface area contributed by atoms with Gasteiger partial charge in [-0.2, -0.15) is 0 Å². The maximum atomic E-state index is 12.5. The molecular formula is C24H24N2O5. The summed E-state index contributed by atoms with van der Waals surface area (Å²) in [5, 5.41) is 12.5. The average molecular weight is 420 g/mol. The Labute approximate surface area is 180 Å². The molecule has 0 bridgehead atoms. The number of phenols is 1. The molecule has 3 rings (SSSR count). The number of rotatable bonds is 7. The number of carbonyl (C=O) groups is 2. The quantitative estimate of drug-likeness (QED) is 0.439. The van der Waals surface area contributed by atoms with Crippen LogP contribution in [-0.2, 0) is 16.0 Å². The predicted molar refractivity (Wildman–Crippen MR) is 117 cm³/mol. The number of esters is 1. The molecule has 0 aliphatic rings. The fraction of sp³-hybridized carbons (Fsp3) is 0.208. The van der Waals surface area contributed by atoms with Gasteiger partial charge in [-0.3, -0.25) is 14.6 Å². The first-order valence-corrected chi connectivity index (χ1v) is 9.79. The van der Waals surface area contributed by atoms with Crippen LogP contribution in [0.15, 0.2) is 60.8 Å². The molecule has 1 aromatic heterocycles. The lowest BCUT2D eigenvalue weighted by atomic mass is 10.1. The zero-order valence-electron chi connectivity index (χ0n) is 17.6. The molecule has 31 heavy (non-hydrogen) atoms. The van der Waals surface area contributed by atoms with E-state index < -0.39 is 0 Å². The Morgan fingerprint density at radius 1 is 1.10 bits per heavy atom. The highest BCUT2D eigenvalue weighted by molar-refractivity contribution is 5.92. The molecule has 0 fully saturated rings. The van der Waals surface area contributed by atoms with Gasteiger partial charge in [0, 0.05) is 17.4 Å². The zero-order chi connectivity index (χ0) is 22.4. The molecule has 0 unspecified atom stereocenters. The van der Waals surface area contributed by atoms with Gasteiger partial charge in [-0.05, 0) is 42.0 Å². The van der Waals surface area contributed by atoms with Crippen molar-refractivity contribution >= 4 is 17.6 Å². The van der Waals surface area contributed by atoms with Crippen LogP contribution >= 0.6 is 0 Å². The Hall–Kier alpha value is -3.87. The molecule has 0 radical (unpaired) electrons. The molecular weight excluding hydrogens is 396 g/mol. The number of phenolic OH excluding ortho intramolecular Hbond substituents is 1. The van der Waals surface area contributed by atoms with Gasteiger partial charge < -0.3 is 19.9 Å². The third kappa shape index (κ3) is 5.82. The van der Waals surface area contributed by atoms with Crippen LogP contribution in [0.5, 0.6) is 17.2 Å². The van der Waals surface area contributed by atoms with Crippen molar-refractivity contribution in [3.05, 3.63) is 66.4 Å². The Kier molecular flexibility index (Phi) is 6.87. The summed E-state index contributed by atoms with van der Waals surface area (Å²) in [6.45, 7) is 3.54. The van der Waals surface area contributed by atoms with Crippen molar-refractivity contribution in [2.75, 3.05) is 12.4 Å². The minimum absolute atomic E-state index is 0.0201. The molecule has 1 heterocycles. The fourth-order valence-electron chi connectivity index (χ4n) is 2.84. The van der Waals surface area contributed by atoms with Crippen LogP contribution in [-0.4, -0.2) is 29.1 Å². The van der Waals surface area contributed by atoms with Gasteiger partial charge in [0.2, 0.25) is 5.91 Å². The molecule has 2 N–H and O–H groups in total. The summed E-state index contributed by atoms with van der Waals surface area (Å²) in [6.07, 6.45) is 1.72. The number of pyridine rings is 1. The Morgan fingerprint density at radius 2 is 1.90 bits per heavy atom. The first-order valence-electron chi connectivity index (χ1n) is 9.79. The van der Waals surface area contributed by atoms with E-state index in [1.807, 2.05) is 6.07 Å². The maximum Gasteiger partial charge on any atom is 0.313 e. The number of aromatic hydroxyl groups is 1. The Balaban J connectivity index is 1.72. The molecule has 0 saturated carbocycles. The van der Waals surface area contributed by atoms with Gasteiger partial charge in [-0.25, -0.2) is 0 Å². The summed E-state index contributed by atoms with van der Waals surface area (Å²) >= 11 is 0. The predicted octanol–water partition coefficient (Wildman–Crippen LogP) is 4.21. The largest absolute Gasteiger partial charge is 0.504 e. The molecule has 0 aliphatic carbocycles. The first kappa shape index (κ1) is 21.8. The van der Waals surface area contributed by atoms with Gasteiger partial charge in [-0.15, -0.1) is 0 Å². The van der Waals surface area contributed by atoms with E-state index in [-0.39, 0.29) is 30.0 Å². The third-order valence-corrected chi connectivity index (χ3v) is 4.47. The third-order valence-electron chi connectivity index (χ3n) is 4.47. The van der Waals surface area contributed by atoms with Crippen molar-refractivity contribution in [2.45, 2.75) is 20.3 Å². The van der Waals surface area contributed by atoms with E-state index in [1.165, 1.54) is 13.2 Å². The molecule has 2 aromatic carbocycles. The molecule has 7 heteroatoms. The molecule has 0 aliphatic heterocycles. The fourth-order valence-corrected chi connectivity index (χ4v) is 2.84. The van der Waals surface area contributed by atoms with Gasteiger partial charge in [0.25, 0.3) is 0 Å². The van der Waals surface area contributed by atoms with Crippen LogP contribution in [0.25, 0.3) is 11.3 Å². The van der Waals surface area contributed by atoms with E-state index in [2.05, 4.69) is 10.3 Å². The summed E-state index contributed by atoms with van der Waals surface area (Å²) < 4.78 is 10.4. The van der Waals surface area contributed by atoms with E-state index in [0.717, 1.165) is 5.56 Å². The van der Waals surface area contributed by atoms with Crippen molar-refractivity contribution in [1.29, 1.82) is 0 Å². The number of ether oxygens (including phenoxy) is 2. The number of nitrogens with zero attached hydrogens (tertiary/aromatic N) is 1. The van der Waals surface area contributed by atoms with Crippen molar-refractivity contribution in [3.8, 4) is 28.5 Å². The Bertz CT molecular complexity index is 1090. The zero-order valence-corrected chi connectivity index (χ0v) is 17.6. The van der Waals surface area contributed by atoms with Gasteiger partial charge in [-0.1, -0.05) is 32.0 Å². The SMILES string of the molecule is COc1cc(CC(=O)Nc2ccnc(-c3cccc(OC(=O)C(C)C)c3)c2)ccc1O. The normalized spacial score (nSPS) is 10.6. The maximum absolute atomic E-state index is 12.5. The van der Waals surface area contributed by atoms with Crippen LogP contribution in [0.2, 0.25) is 0 Å². The lowest BCUT2D eigenvalue weighted by Gasteiger charge is -2.10. The van der Waals surface area contributed by atoms with E-state index in [9.17, 15) is 14.7 Å². The molecule has 0 atom stereocenters. The summed E-state index contributed by atoms with van der Waals surface area (Å²) in [4.78, 5) is 28.7. The highest BCUT2D eigenvalue weighted by atomic mass is 16.5. The minimum atomic E-state index is -0.308. The number of anilines is 1. The number of hydrogen-bond acceptors (Lipinski definition) is 6. The van der Waals surface area contributed by atoms with Gasteiger partial charge in [0.05, 0.1) is 25.1 Å². The van der Waals surface area contributed by atoms with Crippen molar-refractivity contribution in [3.63, 3.8) is 0 Å². The van der Waals surface area contributed by atoms with Crippen LogP contribution in [0, 0.1) is 5.92 Å². The number of hydrogen-bond donors (Lipinski definition) is 2. The standard InChI is InChI=1S/C24H24N2O5/c1-15(2)24(29)31-19-6-4-5-17(13-19)20-14-18(9-10-25-20)26-23(28)12-16-7-8-21(27)22(11-16)30-3/h4-11,13-15,27H,12H2,1-3H3,(H,25,26,28). The number of benzene rings is 2. The topological polar surface area (TPSA) is 97.8 Å². The molecule has 0 spiro atoms. The lowest BCUT2D eigenvalue weighted by Crippen LogP contribution is -2.15. The van der Waals surface area contributed by atoms with Crippen molar-refractivity contribution in [2.24, 2.45) is 5.92 Å². The van der Waals surface area contributed by atoms with Crippen LogP contribution in [0.4, 0.5) is 5.69 Å². The van der Waals surface area contributed by atoms with Crippen LogP contribution < -0.4 is 14.8 Å². The summed E-state index contributed by atoms with van der Waals surface area (Å²) in [5.41, 5.74) is 2.69. The highest BCUT2D eigenvalue weighted by Gasteiger charge is 2.12. The molecule has 7 nitrogen and oxygen atoms in total. The summed E-state index contributed by atoms with van der Waals surface area (Å²) in [7, 11) is 1.45. The van der Waals surface area contributed by atoms with Gasteiger partial charge in [0.1, 0.15) is 5.75 Å². The van der Waals surface area contributed by atoms with Crippen molar-refractivity contribution < 1.29 is 24.2 Å². The van der Waals surface area contributed by atoms with Gasteiger partial charge in [0.15, 0.2) is 11.5 Å². The lowest BCUT2D eigenvalue weighted by molar-refractivity contribution is -0.137. The monoisotopic (exact) mass is 420 g/mol. The molecule has 3 aromatic rings. The smallest absolute Gasteiger partial charge is 0.313 e. The minimum Gasteiger partial charge on any atom is -0.504 e. The van der Waals surface area contributed by atoms with Crippen LogP contribution in [0.3, 0.4) is 0 Å². The Morgan fingerprint density at radius 3 is 2.65 bits per heavy atom. The highest BCUT2D eigenvalue weighted by Crippen LogP contribution is 2.27.